The highest BCUT2D eigenvalue weighted by atomic mass is 16.2. The van der Waals surface area contributed by atoms with Crippen molar-refractivity contribution in [3.8, 4) is 0 Å². The van der Waals surface area contributed by atoms with Crippen molar-refractivity contribution in [1.82, 2.24) is 34.7 Å². The predicted octanol–water partition coefficient (Wildman–Crippen LogP) is -0.400. The third kappa shape index (κ3) is 2.70. The van der Waals surface area contributed by atoms with Gasteiger partial charge in [-0.15, -0.1) is 5.10 Å². The molecule has 4 rings (SSSR count). The zero-order valence-corrected chi connectivity index (χ0v) is 13.8. The lowest BCUT2D eigenvalue weighted by atomic mass is 10.1. The monoisotopic (exact) mass is 352 g/mol. The van der Waals surface area contributed by atoms with Gasteiger partial charge in [-0.25, -0.2) is 9.67 Å². The molecule has 3 heterocycles. The predicted molar refractivity (Wildman–Crippen MR) is 88.6 cm³/mol. The summed E-state index contributed by atoms with van der Waals surface area (Å²) in [6.45, 7) is 1.18. The van der Waals surface area contributed by atoms with Gasteiger partial charge >= 0.3 is 0 Å². The third-order valence-corrected chi connectivity index (χ3v) is 4.41. The number of carbonyl (C=O) groups is 2. The van der Waals surface area contributed by atoms with Crippen LogP contribution in [-0.2, 0) is 17.9 Å². The number of hydrogen-bond donors (Lipinski definition) is 1. The van der Waals surface area contributed by atoms with Crippen molar-refractivity contribution >= 4 is 11.8 Å². The van der Waals surface area contributed by atoms with E-state index in [0.29, 0.717) is 24.6 Å². The van der Waals surface area contributed by atoms with Gasteiger partial charge in [0.25, 0.3) is 11.8 Å². The number of tetrazole rings is 1. The first-order valence-electron chi connectivity index (χ1n) is 8.05. The molecule has 1 aliphatic heterocycles. The molecule has 0 aliphatic carbocycles. The average molecular weight is 352 g/mol. The molecular formula is C16H16N8O2. The molecule has 26 heavy (non-hydrogen) atoms. The summed E-state index contributed by atoms with van der Waals surface area (Å²) in [4.78, 5) is 30.6. The summed E-state index contributed by atoms with van der Waals surface area (Å²) >= 11 is 0. The van der Waals surface area contributed by atoms with Crippen LogP contribution in [0.3, 0.4) is 0 Å². The molecule has 0 saturated heterocycles. The summed E-state index contributed by atoms with van der Waals surface area (Å²) in [5.74, 6) is -0.0420. The fraction of sp³-hybridized carbons (Fsp3) is 0.250. The van der Waals surface area contributed by atoms with Gasteiger partial charge in [-0.3, -0.25) is 9.59 Å². The van der Waals surface area contributed by atoms with Crippen LogP contribution in [0.15, 0.2) is 42.9 Å². The summed E-state index contributed by atoms with van der Waals surface area (Å²) in [5, 5.41) is 11.2. The van der Waals surface area contributed by atoms with E-state index in [-0.39, 0.29) is 12.5 Å². The number of rotatable bonds is 4. The Bertz CT molecular complexity index is 935. The number of nitrogens with two attached hydrogens (primary N) is 1. The molecule has 10 heteroatoms. The standard InChI is InChI=1S/C16H16N8O2/c17-15(25)12-8-18-13-9-22(6-7-23(12)13)16(26)14(24-10-19-20-21-24)11-4-2-1-3-5-11/h1-5,8,10,14H,6-7,9H2,(H2,17,25)/t14-/m1/s1. The molecule has 0 fully saturated rings. The van der Waals surface area contributed by atoms with E-state index in [1.807, 2.05) is 30.3 Å². The van der Waals surface area contributed by atoms with Gasteiger partial charge in [0.05, 0.1) is 12.7 Å². The number of imidazole rings is 1. The molecule has 132 valence electrons. The van der Waals surface area contributed by atoms with Crippen LogP contribution < -0.4 is 5.73 Å². The lowest BCUT2D eigenvalue weighted by molar-refractivity contribution is -0.135. The summed E-state index contributed by atoms with van der Waals surface area (Å²) < 4.78 is 3.19. The van der Waals surface area contributed by atoms with Crippen molar-refractivity contribution < 1.29 is 9.59 Å². The number of benzene rings is 1. The Morgan fingerprint density at radius 3 is 2.65 bits per heavy atom. The van der Waals surface area contributed by atoms with Crippen LogP contribution in [0.5, 0.6) is 0 Å². The molecule has 1 atom stereocenters. The topological polar surface area (TPSA) is 125 Å². The number of hydrogen-bond acceptors (Lipinski definition) is 6. The molecule has 2 N–H and O–H groups in total. The van der Waals surface area contributed by atoms with Crippen LogP contribution in [0.4, 0.5) is 0 Å². The van der Waals surface area contributed by atoms with Crippen LogP contribution in [-0.4, -0.2) is 53.0 Å². The Kier molecular flexibility index (Phi) is 3.92. The lowest BCUT2D eigenvalue weighted by Gasteiger charge is -2.31. The van der Waals surface area contributed by atoms with Crippen LogP contribution in [0.1, 0.15) is 27.9 Å². The number of aromatic nitrogens is 6. The molecule has 0 bridgehead atoms. The van der Waals surface area contributed by atoms with E-state index in [9.17, 15) is 9.59 Å². The Labute approximate surface area is 148 Å². The van der Waals surface area contributed by atoms with Crippen molar-refractivity contribution in [2.24, 2.45) is 5.73 Å². The van der Waals surface area contributed by atoms with Gasteiger partial charge in [-0.1, -0.05) is 30.3 Å². The smallest absolute Gasteiger partial charge is 0.266 e. The van der Waals surface area contributed by atoms with Gasteiger partial charge in [0, 0.05) is 13.1 Å². The van der Waals surface area contributed by atoms with Gasteiger partial charge in [0.2, 0.25) is 0 Å². The highest BCUT2D eigenvalue weighted by Crippen LogP contribution is 2.23. The second-order valence-electron chi connectivity index (χ2n) is 5.94. The lowest BCUT2D eigenvalue weighted by Crippen LogP contribution is -2.43. The molecule has 10 nitrogen and oxygen atoms in total. The second kappa shape index (κ2) is 6.39. The Morgan fingerprint density at radius 1 is 1.15 bits per heavy atom. The maximum absolute atomic E-state index is 13.2. The number of primary amides is 1. The van der Waals surface area contributed by atoms with Crippen LogP contribution in [0.2, 0.25) is 0 Å². The number of nitrogens with zero attached hydrogens (tertiary/aromatic N) is 7. The second-order valence-corrected chi connectivity index (χ2v) is 5.94. The van der Waals surface area contributed by atoms with Gasteiger partial charge in [-0.05, 0) is 16.0 Å². The van der Waals surface area contributed by atoms with E-state index in [1.54, 1.807) is 9.47 Å². The highest BCUT2D eigenvalue weighted by Gasteiger charge is 2.32. The number of amides is 2. The summed E-state index contributed by atoms with van der Waals surface area (Å²) in [6, 6.07) is 8.67. The van der Waals surface area contributed by atoms with Crippen LogP contribution in [0.25, 0.3) is 0 Å². The molecule has 0 saturated carbocycles. The maximum atomic E-state index is 13.2. The molecular weight excluding hydrogens is 336 g/mol. The van der Waals surface area contributed by atoms with Gasteiger partial charge in [0.1, 0.15) is 17.8 Å². The zero-order valence-electron chi connectivity index (χ0n) is 13.8. The first-order valence-corrected chi connectivity index (χ1v) is 8.05. The van der Waals surface area contributed by atoms with Gasteiger partial charge < -0.3 is 15.2 Å². The molecule has 0 spiro atoms. The summed E-state index contributed by atoms with van der Waals surface area (Å²) in [7, 11) is 0. The van der Waals surface area contributed by atoms with Crippen molar-refractivity contribution in [2.75, 3.05) is 6.54 Å². The van der Waals surface area contributed by atoms with Crippen LogP contribution in [0, 0.1) is 0 Å². The normalized spacial score (nSPS) is 14.7. The maximum Gasteiger partial charge on any atom is 0.266 e. The van der Waals surface area contributed by atoms with Crippen molar-refractivity contribution in [2.45, 2.75) is 19.1 Å². The Morgan fingerprint density at radius 2 is 1.96 bits per heavy atom. The first kappa shape index (κ1) is 15.9. The van der Waals surface area contributed by atoms with Gasteiger partial charge in [-0.2, -0.15) is 0 Å². The van der Waals surface area contributed by atoms with E-state index < -0.39 is 11.9 Å². The quantitative estimate of drug-likeness (QED) is 0.681. The molecule has 0 radical (unpaired) electrons. The first-order chi connectivity index (χ1) is 12.6. The highest BCUT2D eigenvalue weighted by molar-refractivity contribution is 5.91. The van der Waals surface area contributed by atoms with Crippen molar-refractivity contribution in [3.05, 3.63) is 59.9 Å². The number of fused-ring (bicyclic) bond motifs is 1. The number of carbonyl (C=O) groups excluding carboxylic acids is 2. The van der Waals surface area contributed by atoms with E-state index in [2.05, 4.69) is 20.5 Å². The van der Waals surface area contributed by atoms with Crippen molar-refractivity contribution in [3.63, 3.8) is 0 Å². The summed E-state index contributed by atoms with van der Waals surface area (Å²) in [5.41, 5.74) is 6.50. The molecule has 1 aromatic carbocycles. The molecule has 2 amide bonds. The average Bonchev–Trinajstić information content (AvgIpc) is 3.32. The van der Waals surface area contributed by atoms with Crippen LogP contribution >= 0.6 is 0 Å². The minimum atomic E-state index is -0.664. The van der Waals surface area contributed by atoms with Gasteiger partial charge in [0.15, 0.2) is 6.04 Å². The van der Waals surface area contributed by atoms with E-state index in [1.165, 1.54) is 17.2 Å². The fourth-order valence-electron chi connectivity index (χ4n) is 3.15. The largest absolute Gasteiger partial charge is 0.364 e. The van der Waals surface area contributed by atoms with Crippen molar-refractivity contribution in [1.29, 1.82) is 0 Å². The third-order valence-electron chi connectivity index (χ3n) is 4.41. The molecule has 3 aromatic rings. The minimum absolute atomic E-state index is 0.140. The summed E-state index contributed by atoms with van der Waals surface area (Å²) in [6.07, 6.45) is 2.87. The SMILES string of the molecule is NC(=O)c1cnc2n1CCN(C(=O)[C@@H](c1ccccc1)n1cnnn1)C2. The molecule has 1 aliphatic rings. The fourth-order valence-corrected chi connectivity index (χ4v) is 3.15. The van der Waals surface area contributed by atoms with E-state index in [4.69, 9.17) is 5.73 Å². The van der Waals surface area contributed by atoms with E-state index in [0.717, 1.165) is 5.56 Å². The zero-order chi connectivity index (χ0) is 18.1. The molecule has 0 unspecified atom stereocenters. The minimum Gasteiger partial charge on any atom is -0.364 e. The Hall–Kier alpha value is -3.56. The Balaban J connectivity index is 1.64. The molecule has 2 aromatic heterocycles. The van der Waals surface area contributed by atoms with E-state index >= 15 is 0 Å².